The minimum atomic E-state index is -4.38. The molecule has 0 bridgehead atoms. The van der Waals surface area contributed by atoms with Crippen molar-refractivity contribution >= 4 is 5.91 Å². The van der Waals surface area contributed by atoms with Crippen molar-refractivity contribution in [3.63, 3.8) is 0 Å². The normalized spacial score (nSPS) is 19.7. The molecule has 1 fully saturated rings. The van der Waals surface area contributed by atoms with Gasteiger partial charge in [0.2, 0.25) is 5.91 Å². The predicted octanol–water partition coefficient (Wildman–Crippen LogP) is 1.83. The van der Waals surface area contributed by atoms with Crippen LogP contribution in [0.5, 0.6) is 0 Å². The number of amides is 1. The summed E-state index contributed by atoms with van der Waals surface area (Å²) >= 11 is 0. The molecule has 134 valence electrons. The lowest BCUT2D eigenvalue weighted by Gasteiger charge is -2.40. The van der Waals surface area contributed by atoms with Gasteiger partial charge in [0, 0.05) is 44.6 Å². The van der Waals surface area contributed by atoms with Crippen molar-refractivity contribution in [1.82, 2.24) is 20.1 Å². The summed E-state index contributed by atoms with van der Waals surface area (Å²) in [6, 6.07) is 3.57. The first-order valence-corrected chi connectivity index (χ1v) is 8.00. The Hall–Kier alpha value is -1.67. The van der Waals surface area contributed by atoms with Crippen molar-refractivity contribution in [3.05, 3.63) is 30.1 Å². The summed E-state index contributed by atoms with van der Waals surface area (Å²) in [5.41, 5.74) is 1.13. The number of nitrogens with one attached hydrogen (secondary N) is 1. The van der Waals surface area contributed by atoms with Crippen LogP contribution in [0.25, 0.3) is 0 Å². The monoisotopic (exact) mass is 344 g/mol. The summed E-state index contributed by atoms with van der Waals surface area (Å²) in [6.07, 6.45) is -0.813. The molecule has 0 aromatic carbocycles. The number of rotatable bonds is 5. The maximum absolute atomic E-state index is 12.2. The lowest BCUT2D eigenvalue weighted by Crippen LogP contribution is -2.54. The molecular formula is C16H23F3N4O. The van der Waals surface area contributed by atoms with E-state index in [-0.39, 0.29) is 6.04 Å². The number of carbonyl (C=O) groups is 1. The third kappa shape index (κ3) is 5.17. The Morgan fingerprint density at radius 3 is 2.42 bits per heavy atom. The number of hydrogen-bond donors (Lipinski definition) is 1. The van der Waals surface area contributed by atoms with Crippen LogP contribution in [0.4, 0.5) is 13.2 Å². The lowest BCUT2D eigenvalue weighted by molar-refractivity contribution is -0.141. The lowest BCUT2D eigenvalue weighted by atomic mass is 10.1. The van der Waals surface area contributed by atoms with E-state index in [0.29, 0.717) is 13.1 Å². The van der Waals surface area contributed by atoms with E-state index in [2.05, 4.69) is 16.8 Å². The van der Waals surface area contributed by atoms with Gasteiger partial charge in [0.25, 0.3) is 0 Å². The van der Waals surface area contributed by atoms with Crippen LogP contribution in [0.1, 0.15) is 25.5 Å². The van der Waals surface area contributed by atoms with Gasteiger partial charge in [-0.05, 0) is 25.5 Å². The fourth-order valence-corrected chi connectivity index (χ4v) is 2.85. The fraction of sp³-hybridized carbons (Fsp3) is 0.625. The molecule has 0 spiro atoms. The van der Waals surface area contributed by atoms with Crippen LogP contribution in [0.3, 0.4) is 0 Å². The van der Waals surface area contributed by atoms with E-state index in [4.69, 9.17) is 0 Å². The number of piperazine rings is 1. The average molecular weight is 344 g/mol. The van der Waals surface area contributed by atoms with Crippen molar-refractivity contribution in [1.29, 1.82) is 0 Å². The van der Waals surface area contributed by atoms with E-state index in [1.165, 1.54) is 0 Å². The number of aromatic nitrogens is 1. The van der Waals surface area contributed by atoms with Gasteiger partial charge >= 0.3 is 6.18 Å². The zero-order chi connectivity index (χ0) is 17.7. The highest BCUT2D eigenvalue weighted by Gasteiger charge is 2.31. The second kappa shape index (κ2) is 7.94. The Kier molecular flexibility index (Phi) is 6.17. The second-order valence-electron chi connectivity index (χ2n) is 6.04. The molecule has 1 aromatic heterocycles. The summed E-state index contributed by atoms with van der Waals surface area (Å²) < 4.78 is 36.5. The Labute approximate surface area is 139 Å². The van der Waals surface area contributed by atoms with Crippen LogP contribution in [0, 0.1) is 0 Å². The summed E-state index contributed by atoms with van der Waals surface area (Å²) in [5.74, 6) is -0.582. The Bertz CT molecular complexity index is 530. The molecule has 0 radical (unpaired) electrons. The molecule has 8 heteroatoms. The van der Waals surface area contributed by atoms with Gasteiger partial charge in [-0.3, -0.25) is 19.6 Å². The molecule has 1 amide bonds. The van der Waals surface area contributed by atoms with Crippen LogP contribution >= 0.6 is 0 Å². The largest absolute Gasteiger partial charge is 0.405 e. The summed E-state index contributed by atoms with van der Waals surface area (Å²) in [4.78, 5) is 20.2. The van der Waals surface area contributed by atoms with Crippen LogP contribution in [-0.2, 0) is 4.79 Å². The van der Waals surface area contributed by atoms with Gasteiger partial charge in [-0.25, -0.2) is 0 Å². The first kappa shape index (κ1) is 18.7. The van der Waals surface area contributed by atoms with Crippen LogP contribution < -0.4 is 5.32 Å². The van der Waals surface area contributed by atoms with Crippen LogP contribution in [-0.4, -0.2) is 65.6 Å². The van der Waals surface area contributed by atoms with E-state index in [9.17, 15) is 18.0 Å². The summed E-state index contributed by atoms with van der Waals surface area (Å²) in [7, 11) is 0. The number of halogens is 3. The molecule has 2 atom stereocenters. The highest BCUT2D eigenvalue weighted by Crippen LogP contribution is 2.21. The van der Waals surface area contributed by atoms with E-state index < -0.39 is 24.7 Å². The Morgan fingerprint density at radius 1 is 1.25 bits per heavy atom. The molecule has 2 rings (SSSR count). The summed E-state index contributed by atoms with van der Waals surface area (Å²) in [6.45, 7) is 5.27. The zero-order valence-electron chi connectivity index (χ0n) is 13.9. The molecule has 2 heterocycles. The van der Waals surface area contributed by atoms with E-state index >= 15 is 0 Å². The molecule has 24 heavy (non-hydrogen) atoms. The van der Waals surface area contributed by atoms with Gasteiger partial charge < -0.3 is 5.32 Å². The smallest absolute Gasteiger partial charge is 0.346 e. The summed E-state index contributed by atoms with van der Waals surface area (Å²) in [5, 5.41) is 1.95. The maximum atomic E-state index is 12.2. The number of carbonyl (C=O) groups excluding carboxylic acids is 1. The van der Waals surface area contributed by atoms with Crippen molar-refractivity contribution in [3.8, 4) is 0 Å². The van der Waals surface area contributed by atoms with Gasteiger partial charge in [-0.15, -0.1) is 0 Å². The highest BCUT2D eigenvalue weighted by molar-refractivity contribution is 5.81. The van der Waals surface area contributed by atoms with E-state index in [0.717, 1.165) is 18.7 Å². The molecule has 0 saturated carbocycles. The van der Waals surface area contributed by atoms with Crippen molar-refractivity contribution in [2.45, 2.75) is 32.1 Å². The standard InChI is InChI=1S/C16H23F3N4O/c1-12(14-4-3-5-20-10-14)22-6-8-23(9-7-22)13(2)15(24)21-11-16(17,18)19/h3-5,10,12-13H,6-9,11H2,1-2H3,(H,21,24)/t12-,13+/m0/s1. The predicted molar refractivity (Wildman–Crippen MR) is 84.3 cm³/mol. The molecule has 1 aliphatic rings. The van der Waals surface area contributed by atoms with Crippen molar-refractivity contribution < 1.29 is 18.0 Å². The molecular weight excluding hydrogens is 321 g/mol. The maximum Gasteiger partial charge on any atom is 0.405 e. The SMILES string of the molecule is C[C@H](C(=O)NCC(F)(F)F)N1CCN([C@@H](C)c2cccnc2)CC1. The topological polar surface area (TPSA) is 48.5 Å². The quantitative estimate of drug-likeness (QED) is 0.885. The first-order chi connectivity index (χ1) is 11.3. The number of nitrogens with zero attached hydrogens (tertiary/aromatic N) is 3. The molecule has 0 aliphatic carbocycles. The van der Waals surface area contributed by atoms with E-state index in [1.54, 1.807) is 13.1 Å². The van der Waals surface area contributed by atoms with Gasteiger partial charge in [0.15, 0.2) is 0 Å². The van der Waals surface area contributed by atoms with Crippen molar-refractivity contribution in [2.24, 2.45) is 0 Å². The third-order valence-electron chi connectivity index (χ3n) is 4.45. The second-order valence-corrected chi connectivity index (χ2v) is 6.04. The van der Waals surface area contributed by atoms with Gasteiger partial charge in [0.05, 0.1) is 6.04 Å². The van der Waals surface area contributed by atoms with Gasteiger partial charge in [0.1, 0.15) is 6.54 Å². The first-order valence-electron chi connectivity index (χ1n) is 8.00. The zero-order valence-corrected chi connectivity index (χ0v) is 13.9. The molecule has 5 nitrogen and oxygen atoms in total. The Balaban J connectivity index is 1.82. The van der Waals surface area contributed by atoms with E-state index in [1.807, 2.05) is 28.5 Å². The van der Waals surface area contributed by atoms with Gasteiger partial charge in [-0.1, -0.05) is 6.07 Å². The minimum absolute atomic E-state index is 0.218. The molecule has 1 aliphatic heterocycles. The molecule has 1 saturated heterocycles. The third-order valence-corrected chi connectivity index (χ3v) is 4.45. The minimum Gasteiger partial charge on any atom is -0.346 e. The molecule has 1 aromatic rings. The van der Waals surface area contributed by atoms with Gasteiger partial charge in [-0.2, -0.15) is 13.2 Å². The number of pyridine rings is 1. The number of hydrogen-bond acceptors (Lipinski definition) is 4. The Morgan fingerprint density at radius 2 is 1.88 bits per heavy atom. The highest BCUT2D eigenvalue weighted by atomic mass is 19.4. The van der Waals surface area contributed by atoms with Crippen LogP contribution in [0.15, 0.2) is 24.5 Å². The average Bonchev–Trinajstić information content (AvgIpc) is 2.58. The van der Waals surface area contributed by atoms with Crippen LogP contribution in [0.2, 0.25) is 0 Å². The molecule has 0 unspecified atom stereocenters. The number of alkyl halides is 3. The molecule has 1 N–H and O–H groups in total. The fourth-order valence-electron chi connectivity index (χ4n) is 2.85. The van der Waals surface area contributed by atoms with Crippen molar-refractivity contribution in [2.75, 3.05) is 32.7 Å².